The lowest BCUT2D eigenvalue weighted by molar-refractivity contribution is -0.141. The van der Waals surface area contributed by atoms with Crippen molar-refractivity contribution < 1.29 is 9.53 Å². The number of hydrogen-bond acceptors (Lipinski definition) is 3. The number of nitrogens with one attached hydrogen (secondary N) is 1. The highest BCUT2D eigenvalue weighted by molar-refractivity contribution is 5.95. The summed E-state index contributed by atoms with van der Waals surface area (Å²) >= 11 is 0. The van der Waals surface area contributed by atoms with E-state index >= 15 is 0 Å². The van der Waals surface area contributed by atoms with Crippen molar-refractivity contribution >= 4 is 11.6 Å². The molecular formula is C16H22N2O2. The molecule has 0 spiro atoms. The number of carbonyl (C=O) groups excluding carboxylic acids is 1. The molecule has 1 amide bonds. The van der Waals surface area contributed by atoms with Crippen LogP contribution in [0.4, 0.5) is 5.69 Å². The van der Waals surface area contributed by atoms with Gasteiger partial charge in [-0.1, -0.05) is 31.0 Å². The molecule has 1 fully saturated rings. The Morgan fingerprint density at radius 1 is 1.30 bits per heavy atom. The van der Waals surface area contributed by atoms with E-state index in [1.54, 1.807) is 0 Å². The number of carbonyl (C=O) groups is 1. The lowest BCUT2D eigenvalue weighted by atomic mass is 10.0. The van der Waals surface area contributed by atoms with Gasteiger partial charge in [-0.05, 0) is 37.3 Å². The van der Waals surface area contributed by atoms with E-state index in [1.807, 2.05) is 18.2 Å². The predicted octanol–water partition coefficient (Wildman–Crippen LogP) is 2.23. The van der Waals surface area contributed by atoms with Crippen LogP contribution in [0.15, 0.2) is 24.3 Å². The van der Waals surface area contributed by atoms with E-state index in [1.165, 1.54) is 5.56 Å². The minimum atomic E-state index is -0.385. The molecule has 1 unspecified atom stereocenters. The van der Waals surface area contributed by atoms with Gasteiger partial charge in [0.1, 0.15) is 6.10 Å². The Kier molecular flexibility index (Phi) is 3.76. The van der Waals surface area contributed by atoms with Gasteiger partial charge in [-0.3, -0.25) is 4.79 Å². The van der Waals surface area contributed by atoms with Gasteiger partial charge in [0, 0.05) is 12.2 Å². The molecule has 2 aliphatic rings. The van der Waals surface area contributed by atoms with Crippen molar-refractivity contribution in [3.63, 3.8) is 0 Å². The van der Waals surface area contributed by atoms with Gasteiger partial charge in [-0.25, -0.2) is 0 Å². The van der Waals surface area contributed by atoms with Crippen LogP contribution in [0.3, 0.4) is 0 Å². The molecule has 4 nitrogen and oxygen atoms in total. The Labute approximate surface area is 119 Å². The third-order valence-electron chi connectivity index (χ3n) is 4.52. The Balaban J connectivity index is 1.74. The topological polar surface area (TPSA) is 64.3 Å². The fraction of sp³-hybridized carbons (Fsp3) is 0.562. The van der Waals surface area contributed by atoms with Crippen molar-refractivity contribution in [2.24, 2.45) is 5.73 Å². The summed E-state index contributed by atoms with van der Waals surface area (Å²) in [6.07, 6.45) is 5.44. The second-order valence-corrected chi connectivity index (χ2v) is 5.89. The van der Waals surface area contributed by atoms with Crippen LogP contribution >= 0.6 is 0 Å². The summed E-state index contributed by atoms with van der Waals surface area (Å²) < 4.78 is 6.18. The maximum absolute atomic E-state index is 12.3. The lowest BCUT2D eigenvalue weighted by Crippen LogP contribution is -2.44. The molecule has 1 heterocycles. The van der Waals surface area contributed by atoms with Gasteiger partial charge < -0.3 is 15.8 Å². The smallest absolute Gasteiger partial charge is 0.253 e. The molecule has 1 atom stereocenters. The molecule has 108 valence electrons. The van der Waals surface area contributed by atoms with Gasteiger partial charge in [0.05, 0.1) is 5.60 Å². The number of benzene rings is 1. The van der Waals surface area contributed by atoms with Crippen LogP contribution in [0.2, 0.25) is 0 Å². The molecular weight excluding hydrogens is 252 g/mol. The number of aryl methyl sites for hydroxylation is 1. The van der Waals surface area contributed by atoms with Gasteiger partial charge in [-0.15, -0.1) is 0 Å². The fourth-order valence-electron chi connectivity index (χ4n) is 3.29. The fourth-order valence-corrected chi connectivity index (χ4v) is 3.29. The summed E-state index contributed by atoms with van der Waals surface area (Å²) in [6, 6.07) is 7.96. The molecule has 1 aliphatic heterocycles. The van der Waals surface area contributed by atoms with E-state index in [-0.39, 0.29) is 17.6 Å². The van der Waals surface area contributed by atoms with Crippen molar-refractivity contribution in [3.05, 3.63) is 29.8 Å². The number of anilines is 1. The highest BCUT2D eigenvalue weighted by Crippen LogP contribution is 2.35. The maximum atomic E-state index is 12.3. The second-order valence-electron chi connectivity index (χ2n) is 5.89. The SMILES string of the molecule is NCC1(OC2CCc3ccccc3NC2=O)CCCC1. The van der Waals surface area contributed by atoms with Crippen molar-refractivity contribution in [1.82, 2.24) is 0 Å². The maximum Gasteiger partial charge on any atom is 0.253 e. The first-order valence-electron chi connectivity index (χ1n) is 7.49. The quantitative estimate of drug-likeness (QED) is 0.888. The first kappa shape index (κ1) is 13.6. The molecule has 4 heteroatoms. The molecule has 3 rings (SSSR count). The van der Waals surface area contributed by atoms with Gasteiger partial charge in [0.25, 0.3) is 5.91 Å². The molecule has 1 aliphatic carbocycles. The molecule has 1 aromatic rings. The standard InChI is InChI=1S/C16H22N2O2/c17-11-16(9-3-4-10-16)20-14-8-7-12-5-1-2-6-13(12)18-15(14)19/h1-2,5-6,14H,3-4,7-11,17H2,(H,18,19). The molecule has 0 bridgehead atoms. The van der Waals surface area contributed by atoms with E-state index in [2.05, 4.69) is 11.4 Å². The van der Waals surface area contributed by atoms with Crippen molar-refractivity contribution in [2.45, 2.75) is 50.2 Å². The van der Waals surface area contributed by atoms with Crippen molar-refractivity contribution in [3.8, 4) is 0 Å². The normalized spacial score (nSPS) is 24.9. The number of para-hydroxylation sites is 1. The average molecular weight is 274 g/mol. The molecule has 0 aromatic heterocycles. The van der Waals surface area contributed by atoms with E-state index in [0.717, 1.165) is 44.2 Å². The summed E-state index contributed by atoms with van der Waals surface area (Å²) in [5.41, 5.74) is 7.71. The molecule has 0 saturated heterocycles. The first-order chi connectivity index (χ1) is 9.72. The van der Waals surface area contributed by atoms with E-state index in [4.69, 9.17) is 10.5 Å². The van der Waals surface area contributed by atoms with E-state index in [9.17, 15) is 4.79 Å². The highest BCUT2D eigenvalue weighted by atomic mass is 16.5. The van der Waals surface area contributed by atoms with Crippen LogP contribution in [0, 0.1) is 0 Å². The molecule has 1 aromatic carbocycles. The molecule has 3 N–H and O–H groups in total. The van der Waals surface area contributed by atoms with Gasteiger partial charge >= 0.3 is 0 Å². The zero-order valence-corrected chi connectivity index (χ0v) is 11.7. The zero-order chi connectivity index (χ0) is 14.0. The Morgan fingerprint density at radius 3 is 2.80 bits per heavy atom. The first-order valence-corrected chi connectivity index (χ1v) is 7.49. The second kappa shape index (κ2) is 5.54. The van der Waals surface area contributed by atoms with Crippen LogP contribution in [-0.2, 0) is 16.0 Å². The molecule has 0 radical (unpaired) electrons. The van der Waals surface area contributed by atoms with Gasteiger partial charge in [0.2, 0.25) is 0 Å². The van der Waals surface area contributed by atoms with Crippen molar-refractivity contribution in [1.29, 1.82) is 0 Å². The zero-order valence-electron chi connectivity index (χ0n) is 11.7. The van der Waals surface area contributed by atoms with E-state index in [0.29, 0.717) is 6.54 Å². The van der Waals surface area contributed by atoms with Crippen LogP contribution in [0.1, 0.15) is 37.7 Å². The van der Waals surface area contributed by atoms with Crippen LogP contribution in [-0.4, -0.2) is 24.2 Å². The summed E-state index contributed by atoms with van der Waals surface area (Å²) in [7, 11) is 0. The number of nitrogens with two attached hydrogens (primary N) is 1. The Hall–Kier alpha value is -1.39. The van der Waals surface area contributed by atoms with Gasteiger partial charge in [0.15, 0.2) is 0 Å². The van der Waals surface area contributed by atoms with E-state index < -0.39 is 0 Å². The number of fused-ring (bicyclic) bond motifs is 1. The highest BCUT2D eigenvalue weighted by Gasteiger charge is 2.38. The predicted molar refractivity (Wildman–Crippen MR) is 78.5 cm³/mol. The van der Waals surface area contributed by atoms with Crippen LogP contribution in [0.25, 0.3) is 0 Å². The Morgan fingerprint density at radius 2 is 2.05 bits per heavy atom. The summed E-state index contributed by atoms with van der Waals surface area (Å²) in [5.74, 6) is -0.0327. The lowest BCUT2D eigenvalue weighted by Gasteiger charge is -2.31. The average Bonchev–Trinajstić information content (AvgIpc) is 2.87. The van der Waals surface area contributed by atoms with Crippen LogP contribution < -0.4 is 11.1 Å². The number of rotatable bonds is 3. The summed E-state index contributed by atoms with van der Waals surface area (Å²) in [5, 5.41) is 2.98. The van der Waals surface area contributed by atoms with Crippen molar-refractivity contribution in [2.75, 3.05) is 11.9 Å². The van der Waals surface area contributed by atoms with Crippen LogP contribution in [0.5, 0.6) is 0 Å². The molecule has 1 saturated carbocycles. The largest absolute Gasteiger partial charge is 0.361 e. The summed E-state index contributed by atoms with van der Waals surface area (Å²) in [4.78, 5) is 12.3. The number of amides is 1. The Bertz CT molecular complexity index is 495. The number of hydrogen-bond donors (Lipinski definition) is 2. The number of ether oxygens (including phenoxy) is 1. The monoisotopic (exact) mass is 274 g/mol. The third-order valence-corrected chi connectivity index (χ3v) is 4.52. The minimum absolute atomic E-state index is 0.0327. The molecule has 20 heavy (non-hydrogen) atoms. The third kappa shape index (κ3) is 2.58. The van der Waals surface area contributed by atoms with Gasteiger partial charge in [-0.2, -0.15) is 0 Å². The summed E-state index contributed by atoms with van der Waals surface area (Å²) in [6.45, 7) is 0.504. The minimum Gasteiger partial charge on any atom is -0.361 e.